The second kappa shape index (κ2) is 7.47. The minimum Gasteiger partial charge on any atom is -0.497 e. The van der Waals surface area contributed by atoms with Gasteiger partial charge in [-0.05, 0) is 43.3 Å². The van der Waals surface area contributed by atoms with E-state index >= 15 is 0 Å². The van der Waals surface area contributed by atoms with Gasteiger partial charge in [-0.25, -0.2) is 0 Å². The van der Waals surface area contributed by atoms with E-state index in [1.165, 1.54) is 5.56 Å². The standard InChI is InChI=1S/C19H24N2O2/c1-22-17-6-7-19(23-2)18(13-17)15-8-11-21(14-15)12-9-16-5-3-4-10-20-16/h3-7,10,13,15H,8-9,11-12,14H2,1-2H3. The highest BCUT2D eigenvalue weighted by Gasteiger charge is 2.26. The molecule has 1 unspecified atom stereocenters. The molecule has 4 heteroatoms. The number of benzene rings is 1. The number of rotatable bonds is 6. The molecule has 0 N–H and O–H groups in total. The molecule has 2 heterocycles. The quantitative estimate of drug-likeness (QED) is 0.821. The normalized spacial score (nSPS) is 18.1. The van der Waals surface area contributed by atoms with Crippen molar-refractivity contribution >= 4 is 0 Å². The first-order valence-electron chi connectivity index (χ1n) is 8.14. The van der Waals surface area contributed by atoms with E-state index in [-0.39, 0.29) is 0 Å². The van der Waals surface area contributed by atoms with Gasteiger partial charge in [0, 0.05) is 42.9 Å². The van der Waals surface area contributed by atoms with Gasteiger partial charge in [-0.3, -0.25) is 4.98 Å². The molecule has 1 saturated heterocycles. The number of nitrogens with zero attached hydrogens (tertiary/aromatic N) is 2. The lowest BCUT2D eigenvalue weighted by molar-refractivity contribution is 0.335. The summed E-state index contributed by atoms with van der Waals surface area (Å²) in [7, 11) is 3.44. The van der Waals surface area contributed by atoms with Crippen molar-refractivity contribution in [3.63, 3.8) is 0 Å². The number of ether oxygens (including phenoxy) is 2. The number of likely N-dealkylation sites (tertiary alicyclic amines) is 1. The summed E-state index contributed by atoms with van der Waals surface area (Å²) in [6, 6.07) is 12.2. The van der Waals surface area contributed by atoms with Crippen LogP contribution in [0.15, 0.2) is 42.6 Å². The van der Waals surface area contributed by atoms with E-state index in [4.69, 9.17) is 9.47 Å². The first kappa shape index (κ1) is 15.8. The Balaban J connectivity index is 1.63. The fourth-order valence-electron chi connectivity index (χ4n) is 3.27. The molecule has 0 saturated carbocycles. The molecule has 1 aliphatic rings. The van der Waals surface area contributed by atoms with Crippen molar-refractivity contribution in [1.82, 2.24) is 9.88 Å². The molecule has 0 aliphatic carbocycles. The molecule has 0 bridgehead atoms. The minimum absolute atomic E-state index is 0.504. The maximum atomic E-state index is 5.54. The lowest BCUT2D eigenvalue weighted by Gasteiger charge is -2.18. The van der Waals surface area contributed by atoms with Gasteiger partial charge in [0.1, 0.15) is 11.5 Å². The zero-order valence-electron chi connectivity index (χ0n) is 13.9. The van der Waals surface area contributed by atoms with Crippen LogP contribution in [0.25, 0.3) is 0 Å². The van der Waals surface area contributed by atoms with Crippen LogP contribution in [0, 0.1) is 0 Å². The monoisotopic (exact) mass is 312 g/mol. The fourth-order valence-corrected chi connectivity index (χ4v) is 3.27. The molecule has 23 heavy (non-hydrogen) atoms. The van der Waals surface area contributed by atoms with Gasteiger partial charge in [-0.15, -0.1) is 0 Å². The highest BCUT2D eigenvalue weighted by Crippen LogP contribution is 2.35. The summed E-state index contributed by atoms with van der Waals surface area (Å²) in [6.07, 6.45) is 4.03. The number of hydrogen-bond acceptors (Lipinski definition) is 4. The van der Waals surface area contributed by atoms with E-state index in [1.54, 1.807) is 14.2 Å². The third-order valence-corrected chi connectivity index (χ3v) is 4.56. The van der Waals surface area contributed by atoms with Crippen LogP contribution in [0.1, 0.15) is 23.6 Å². The van der Waals surface area contributed by atoms with Crippen LogP contribution >= 0.6 is 0 Å². The predicted molar refractivity (Wildman–Crippen MR) is 91.3 cm³/mol. The Kier molecular flexibility index (Phi) is 5.13. The molecule has 1 aliphatic heterocycles. The second-order valence-electron chi connectivity index (χ2n) is 5.97. The third-order valence-electron chi connectivity index (χ3n) is 4.56. The Morgan fingerprint density at radius 3 is 2.83 bits per heavy atom. The molecule has 0 spiro atoms. The Morgan fingerprint density at radius 1 is 1.17 bits per heavy atom. The maximum absolute atomic E-state index is 5.54. The minimum atomic E-state index is 0.504. The smallest absolute Gasteiger partial charge is 0.122 e. The van der Waals surface area contributed by atoms with Gasteiger partial charge in [-0.1, -0.05) is 6.07 Å². The van der Waals surface area contributed by atoms with Gasteiger partial charge < -0.3 is 14.4 Å². The van der Waals surface area contributed by atoms with Crippen LogP contribution in [0.2, 0.25) is 0 Å². The summed E-state index contributed by atoms with van der Waals surface area (Å²) in [4.78, 5) is 6.92. The van der Waals surface area contributed by atoms with E-state index in [0.29, 0.717) is 5.92 Å². The lowest BCUT2D eigenvalue weighted by Crippen LogP contribution is -2.23. The SMILES string of the molecule is COc1ccc(OC)c(C2CCN(CCc3ccccn3)C2)c1. The molecule has 1 aromatic carbocycles. The third kappa shape index (κ3) is 3.82. The molecular weight excluding hydrogens is 288 g/mol. The zero-order chi connectivity index (χ0) is 16.1. The number of pyridine rings is 1. The average molecular weight is 312 g/mol. The van der Waals surface area contributed by atoms with Gasteiger partial charge in [0.05, 0.1) is 14.2 Å². The van der Waals surface area contributed by atoms with Crippen molar-refractivity contribution in [3.05, 3.63) is 53.9 Å². The molecule has 3 rings (SSSR count). The molecule has 122 valence electrons. The summed E-state index contributed by atoms with van der Waals surface area (Å²) in [6.45, 7) is 3.24. The van der Waals surface area contributed by atoms with Crippen molar-refractivity contribution in [3.8, 4) is 11.5 Å². The first-order valence-corrected chi connectivity index (χ1v) is 8.14. The van der Waals surface area contributed by atoms with Gasteiger partial charge in [0.2, 0.25) is 0 Å². The van der Waals surface area contributed by atoms with Crippen LogP contribution in [-0.4, -0.2) is 43.7 Å². The second-order valence-corrected chi connectivity index (χ2v) is 5.97. The zero-order valence-corrected chi connectivity index (χ0v) is 13.9. The van der Waals surface area contributed by atoms with Gasteiger partial charge in [-0.2, -0.15) is 0 Å². The molecule has 0 radical (unpaired) electrons. The molecule has 1 fully saturated rings. The van der Waals surface area contributed by atoms with Crippen LogP contribution in [-0.2, 0) is 6.42 Å². The van der Waals surface area contributed by atoms with Crippen molar-refractivity contribution in [1.29, 1.82) is 0 Å². The number of hydrogen-bond donors (Lipinski definition) is 0. The molecule has 1 aromatic heterocycles. The molecule has 1 atom stereocenters. The largest absolute Gasteiger partial charge is 0.497 e. The Morgan fingerprint density at radius 2 is 2.09 bits per heavy atom. The topological polar surface area (TPSA) is 34.6 Å². The molecule has 0 amide bonds. The van der Waals surface area contributed by atoms with Crippen LogP contribution < -0.4 is 9.47 Å². The van der Waals surface area contributed by atoms with Crippen LogP contribution in [0.3, 0.4) is 0 Å². The fraction of sp³-hybridized carbons (Fsp3) is 0.421. The summed E-state index contributed by atoms with van der Waals surface area (Å²) < 4.78 is 10.9. The predicted octanol–water partition coefficient (Wildman–Crippen LogP) is 3.13. The maximum Gasteiger partial charge on any atom is 0.122 e. The first-order chi connectivity index (χ1) is 11.3. The van der Waals surface area contributed by atoms with E-state index in [1.807, 2.05) is 24.4 Å². The van der Waals surface area contributed by atoms with Crippen LogP contribution in [0.4, 0.5) is 0 Å². The van der Waals surface area contributed by atoms with E-state index in [9.17, 15) is 0 Å². The van der Waals surface area contributed by atoms with Crippen LogP contribution in [0.5, 0.6) is 11.5 Å². The van der Waals surface area contributed by atoms with Gasteiger partial charge >= 0.3 is 0 Å². The van der Waals surface area contributed by atoms with E-state index in [2.05, 4.69) is 28.1 Å². The van der Waals surface area contributed by atoms with Gasteiger partial charge in [0.15, 0.2) is 0 Å². The Bertz CT molecular complexity index is 631. The Labute approximate surface area is 138 Å². The van der Waals surface area contributed by atoms with Crippen molar-refractivity contribution in [2.45, 2.75) is 18.8 Å². The lowest BCUT2D eigenvalue weighted by atomic mass is 9.97. The summed E-state index contributed by atoms with van der Waals surface area (Å²) >= 11 is 0. The molecular formula is C19H24N2O2. The van der Waals surface area contributed by atoms with Crippen molar-refractivity contribution in [2.24, 2.45) is 0 Å². The highest BCUT2D eigenvalue weighted by molar-refractivity contribution is 5.43. The van der Waals surface area contributed by atoms with E-state index in [0.717, 1.165) is 49.7 Å². The summed E-state index contributed by atoms with van der Waals surface area (Å²) in [5.41, 5.74) is 2.42. The summed E-state index contributed by atoms with van der Waals surface area (Å²) in [5, 5.41) is 0. The average Bonchev–Trinajstić information content (AvgIpc) is 3.09. The Hall–Kier alpha value is -2.07. The number of methoxy groups -OCH3 is 2. The van der Waals surface area contributed by atoms with Gasteiger partial charge in [0.25, 0.3) is 0 Å². The van der Waals surface area contributed by atoms with E-state index < -0.39 is 0 Å². The number of aromatic nitrogens is 1. The summed E-state index contributed by atoms with van der Waals surface area (Å²) in [5.74, 6) is 2.36. The van der Waals surface area contributed by atoms with Crippen molar-refractivity contribution < 1.29 is 9.47 Å². The molecule has 4 nitrogen and oxygen atoms in total. The molecule has 2 aromatic rings. The van der Waals surface area contributed by atoms with Crippen molar-refractivity contribution in [2.75, 3.05) is 33.9 Å². The highest BCUT2D eigenvalue weighted by atomic mass is 16.5.